The van der Waals surface area contributed by atoms with Crippen LogP contribution < -0.4 is 14.2 Å². The van der Waals surface area contributed by atoms with Crippen LogP contribution in [0.2, 0.25) is 0 Å². The Morgan fingerprint density at radius 3 is 2.47 bits per heavy atom. The molecule has 2 aromatic rings. The maximum absolute atomic E-state index is 13.2. The smallest absolute Gasteiger partial charge is 0.295 e. The molecule has 2 aromatic carbocycles. The number of fused-ring (bicyclic) bond motifs is 1. The van der Waals surface area contributed by atoms with Crippen molar-refractivity contribution in [2.75, 3.05) is 40.1 Å². The minimum Gasteiger partial charge on any atom is -0.507 e. The van der Waals surface area contributed by atoms with E-state index in [1.807, 2.05) is 12.1 Å². The zero-order valence-electron chi connectivity index (χ0n) is 19.7. The number of amides is 1. The first-order valence-corrected chi connectivity index (χ1v) is 11.5. The van der Waals surface area contributed by atoms with Crippen molar-refractivity contribution in [3.8, 4) is 17.2 Å². The molecular formula is C26H30N2O6. The van der Waals surface area contributed by atoms with Gasteiger partial charge in [-0.2, -0.15) is 0 Å². The topological polar surface area (TPSA) is 88.5 Å². The van der Waals surface area contributed by atoms with Crippen molar-refractivity contribution in [2.45, 2.75) is 26.3 Å². The number of carbonyl (C=O) groups is 2. The van der Waals surface area contributed by atoms with Gasteiger partial charge in [-0.15, -0.1) is 0 Å². The van der Waals surface area contributed by atoms with Crippen LogP contribution in [-0.2, 0) is 9.59 Å². The SMILES string of the molecule is CCN(CC)CCCN1C(=O)C(=O)C(=C(O)c2ccc3c(c2)OCO3)[C@H]1c1ccc(OC)cc1. The average molecular weight is 467 g/mol. The standard InChI is InChI=1S/C26H30N2O6/c1-4-27(5-2)13-6-14-28-23(17-7-10-19(32-3)11-8-17)22(25(30)26(28)31)24(29)18-9-12-20-21(15-18)34-16-33-20/h7-12,15,23,29H,4-6,13-14,16H2,1-3H3/t23-/m1/s1. The zero-order chi connectivity index (χ0) is 24.2. The van der Waals surface area contributed by atoms with Gasteiger partial charge in [0.2, 0.25) is 6.79 Å². The van der Waals surface area contributed by atoms with Gasteiger partial charge in [0, 0.05) is 12.1 Å². The largest absolute Gasteiger partial charge is 0.507 e. The van der Waals surface area contributed by atoms with Crippen molar-refractivity contribution in [1.29, 1.82) is 0 Å². The Kier molecular flexibility index (Phi) is 7.07. The number of hydrogen-bond donors (Lipinski definition) is 1. The van der Waals surface area contributed by atoms with Gasteiger partial charge in [0.05, 0.1) is 18.7 Å². The molecule has 1 N–H and O–H groups in total. The van der Waals surface area contributed by atoms with E-state index in [9.17, 15) is 14.7 Å². The fourth-order valence-corrected chi connectivity index (χ4v) is 4.45. The lowest BCUT2D eigenvalue weighted by Crippen LogP contribution is -2.33. The van der Waals surface area contributed by atoms with Crippen LogP contribution in [0.15, 0.2) is 48.0 Å². The van der Waals surface area contributed by atoms with E-state index in [0.29, 0.717) is 35.8 Å². The van der Waals surface area contributed by atoms with Gasteiger partial charge in [-0.3, -0.25) is 9.59 Å². The van der Waals surface area contributed by atoms with Crippen LogP contribution in [0.25, 0.3) is 5.76 Å². The van der Waals surface area contributed by atoms with Crippen LogP contribution in [0.1, 0.15) is 37.4 Å². The molecule has 1 amide bonds. The number of benzene rings is 2. The number of likely N-dealkylation sites (tertiary alicyclic amines) is 1. The van der Waals surface area contributed by atoms with Crippen LogP contribution in [-0.4, -0.2) is 66.7 Å². The lowest BCUT2D eigenvalue weighted by molar-refractivity contribution is -0.140. The van der Waals surface area contributed by atoms with Crippen molar-refractivity contribution in [2.24, 2.45) is 0 Å². The van der Waals surface area contributed by atoms with Crippen LogP contribution in [0, 0.1) is 0 Å². The van der Waals surface area contributed by atoms with E-state index >= 15 is 0 Å². The fraction of sp³-hybridized carbons (Fsp3) is 0.385. The van der Waals surface area contributed by atoms with E-state index < -0.39 is 17.7 Å². The molecule has 180 valence electrons. The number of Topliss-reactive ketones (excluding diaryl/α,β-unsaturated/α-hetero) is 1. The first-order valence-electron chi connectivity index (χ1n) is 11.5. The van der Waals surface area contributed by atoms with Gasteiger partial charge in [-0.25, -0.2) is 0 Å². The van der Waals surface area contributed by atoms with Crippen molar-refractivity contribution in [3.05, 3.63) is 59.2 Å². The molecule has 1 atom stereocenters. The maximum Gasteiger partial charge on any atom is 0.295 e. The Labute approximate surface area is 199 Å². The minimum atomic E-state index is -0.701. The minimum absolute atomic E-state index is 0.0665. The summed E-state index contributed by atoms with van der Waals surface area (Å²) in [6, 6.07) is 11.5. The molecule has 1 fully saturated rings. The summed E-state index contributed by atoms with van der Waals surface area (Å²) in [7, 11) is 1.58. The predicted molar refractivity (Wildman–Crippen MR) is 127 cm³/mol. The van der Waals surface area contributed by atoms with Crippen LogP contribution in [0.4, 0.5) is 0 Å². The van der Waals surface area contributed by atoms with Crippen molar-refractivity contribution in [3.63, 3.8) is 0 Å². The second-order valence-corrected chi connectivity index (χ2v) is 8.21. The molecule has 0 aliphatic carbocycles. The second kappa shape index (κ2) is 10.2. The third-order valence-electron chi connectivity index (χ3n) is 6.39. The maximum atomic E-state index is 13.2. The summed E-state index contributed by atoms with van der Waals surface area (Å²) in [6.45, 7) is 7.34. The summed E-state index contributed by atoms with van der Waals surface area (Å²) < 4.78 is 16.0. The van der Waals surface area contributed by atoms with Gasteiger partial charge in [0.15, 0.2) is 11.5 Å². The highest BCUT2D eigenvalue weighted by molar-refractivity contribution is 6.46. The number of methoxy groups -OCH3 is 1. The van der Waals surface area contributed by atoms with E-state index in [-0.39, 0.29) is 18.1 Å². The molecule has 2 heterocycles. The molecule has 0 unspecified atom stereocenters. The van der Waals surface area contributed by atoms with Gasteiger partial charge in [0.1, 0.15) is 11.5 Å². The lowest BCUT2D eigenvalue weighted by atomic mass is 9.95. The van der Waals surface area contributed by atoms with Gasteiger partial charge in [0.25, 0.3) is 11.7 Å². The number of nitrogens with zero attached hydrogens (tertiary/aromatic N) is 2. The summed E-state index contributed by atoms with van der Waals surface area (Å²) in [4.78, 5) is 30.1. The molecule has 1 saturated heterocycles. The van der Waals surface area contributed by atoms with Crippen molar-refractivity contribution < 1.29 is 28.9 Å². The molecule has 0 bridgehead atoms. The van der Waals surface area contributed by atoms with Crippen molar-refractivity contribution >= 4 is 17.4 Å². The highest BCUT2D eigenvalue weighted by Gasteiger charge is 2.45. The Morgan fingerprint density at radius 2 is 1.79 bits per heavy atom. The molecule has 0 radical (unpaired) electrons. The van der Waals surface area contributed by atoms with Crippen LogP contribution >= 0.6 is 0 Å². The third-order valence-corrected chi connectivity index (χ3v) is 6.39. The normalized spacial score (nSPS) is 18.7. The molecule has 0 saturated carbocycles. The summed E-state index contributed by atoms with van der Waals surface area (Å²) in [5.41, 5.74) is 1.19. The summed E-state index contributed by atoms with van der Waals surface area (Å²) in [5.74, 6) is 0.182. The van der Waals surface area contributed by atoms with Gasteiger partial charge < -0.3 is 29.1 Å². The Balaban J connectivity index is 1.73. The summed E-state index contributed by atoms with van der Waals surface area (Å²) in [6.07, 6.45) is 0.714. The first-order chi connectivity index (χ1) is 16.5. The quantitative estimate of drug-likeness (QED) is 0.343. The second-order valence-electron chi connectivity index (χ2n) is 8.21. The Morgan fingerprint density at radius 1 is 1.09 bits per heavy atom. The monoisotopic (exact) mass is 466 g/mol. The van der Waals surface area contributed by atoms with Gasteiger partial charge in [-0.1, -0.05) is 26.0 Å². The van der Waals surface area contributed by atoms with Crippen molar-refractivity contribution in [1.82, 2.24) is 9.80 Å². The van der Waals surface area contributed by atoms with E-state index in [2.05, 4.69) is 18.7 Å². The molecule has 2 aliphatic rings. The number of ether oxygens (including phenoxy) is 3. The van der Waals surface area contributed by atoms with E-state index in [1.165, 1.54) is 0 Å². The van der Waals surface area contributed by atoms with Gasteiger partial charge in [-0.05, 0) is 62.0 Å². The van der Waals surface area contributed by atoms with Gasteiger partial charge >= 0.3 is 0 Å². The molecular weight excluding hydrogens is 436 g/mol. The predicted octanol–water partition coefficient (Wildman–Crippen LogP) is 3.58. The number of hydrogen-bond acceptors (Lipinski definition) is 7. The highest BCUT2D eigenvalue weighted by Crippen LogP contribution is 2.41. The average Bonchev–Trinajstić information content (AvgIpc) is 3.44. The van der Waals surface area contributed by atoms with E-state index in [1.54, 1.807) is 42.3 Å². The van der Waals surface area contributed by atoms with E-state index in [4.69, 9.17) is 14.2 Å². The zero-order valence-corrected chi connectivity index (χ0v) is 19.7. The number of carbonyl (C=O) groups excluding carboxylic acids is 2. The first kappa shape index (κ1) is 23.6. The van der Waals surface area contributed by atoms with E-state index in [0.717, 1.165) is 25.2 Å². The Hall–Kier alpha value is -3.52. The highest BCUT2D eigenvalue weighted by atomic mass is 16.7. The molecule has 8 nitrogen and oxygen atoms in total. The summed E-state index contributed by atoms with van der Waals surface area (Å²) in [5, 5.41) is 11.2. The molecule has 0 spiro atoms. The number of aliphatic hydroxyl groups is 1. The Bertz CT molecular complexity index is 1090. The van der Waals surface area contributed by atoms with Crippen LogP contribution in [0.3, 0.4) is 0 Å². The lowest BCUT2D eigenvalue weighted by Gasteiger charge is -2.27. The summed E-state index contributed by atoms with van der Waals surface area (Å²) >= 11 is 0. The fourth-order valence-electron chi connectivity index (χ4n) is 4.45. The number of ketones is 1. The molecule has 8 heteroatoms. The molecule has 4 rings (SSSR count). The molecule has 2 aliphatic heterocycles. The number of aliphatic hydroxyl groups excluding tert-OH is 1. The molecule has 34 heavy (non-hydrogen) atoms. The number of rotatable bonds is 9. The molecule has 0 aromatic heterocycles. The third kappa shape index (κ3) is 4.46. The van der Waals surface area contributed by atoms with Crippen LogP contribution in [0.5, 0.6) is 17.2 Å².